The highest BCUT2D eigenvalue weighted by molar-refractivity contribution is 7.15. The Labute approximate surface area is 134 Å². The molecule has 120 valence electrons. The van der Waals surface area contributed by atoms with Gasteiger partial charge < -0.3 is 10.2 Å². The zero-order chi connectivity index (χ0) is 15.2. The Morgan fingerprint density at radius 1 is 1.29 bits per heavy atom. The Bertz CT molecular complexity index is 420. The van der Waals surface area contributed by atoms with Gasteiger partial charge in [0.25, 0.3) is 0 Å². The molecule has 2 heterocycles. The molecule has 3 nitrogen and oxygen atoms in total. The van der Waals surface area contributed by atoms with Crippen molar-refractivity contribution in [1.29, 1.82) is 0 Å². The third kappa shape index (κ3) is 4.68. The first-order valence-electron chi connectivity index (χ1n) is 8.60. The van der Waals surface area contributed by atoms with Crippen LogP contribution in [0.2, 0.25) is 0 Å². The lowest BCUT2D eigenvalue weighted by Gasteiger charge is -2.31. The van der Waals surface area contributed by atoms with Gasteiger partial charge in [0.2, 0.25) is 0 Å². The molecule has 1 N–H and O–H groups in total. The first-order chi connectivity index (χ1) is 10.1. The average molecular weight is 310 g/mol. The molecule has 1 aliphatic rings. The van der Waals surface area contributed by atoms with Crippen LogP contribution >= 0.6 is 11.3 Å². The number of piperidine rings is 1. The van der Waals surface area contributed by atoms with Crippen molar-refractivity contribution < 1.29 is 0 Å². The first-order valence-corrected chi connectivity index (χ1v) is 9.42. The van der Waals surface area contributed by atoms with E-state index in [4.69, 9.17) is 4.98 Å². The van der Waals surface area contributed by atoms with E-state index in [-0.39, 0.29) is 0 Å². The maximum Gasteiger partial charge on any atom is 0.185 e. The van der Waals surface area contributed by atoms with Crippen LogP contribution in [-0.4, -0.2) is 24.1 Å². The van der Waals surface area contributed by atoms with Gasteiger partial charge in [0.1, 0.15) is 0 Å². The summed E-state index contributed by atoms with van der Waals surface area (Å²) >= 11 is 1.90. The molecular weight excluding hydrogens is 278 g/mol. The molecule has 0 saturated carbocycles. The number of rotatable bonds is 7. The Balaban J connectivity index is 1.97. The normalized spacial score (nSPS) is 16.9. The largest absolute Gasteiger partial charge is 0.348 e. The fourth-order valence-corrected chi connectivity index (χ4v) is 4.19. The zero-order valence-electron chi connectivity index (χ0n) is 14.1. The van der Waals surface area contributed by atoms with E-state index in [9.17, 15) is 0 Å². The fraction of sp³-hybridized carbons (Fsp3) is 0.824. The van der Waals surface area contributed by atoms with Gasteiger partial charge in [-0.1, -0.05) is 40.5 Å². The maximum absolute atomic E-state index is 4.91. The minimum absolute atomic E-state index is 0.532. The Morgan fingerprint density at radius 2 is 2.00 bits per heavy atom. The van der Waals surface area contributed by atoms with E-state index in [0.717, 1.165) is 18.9 Å². The lowest BCUT2D eigenvalue weighted by molar-refractivity contribution is 0.378. The van der Waals surface area contributed by atoms with Crippen LogP contribution in [0.5, 0.6) is 0 Å². The lowest BCUT2D eigenvalue weighted by Crippen LogP contribution is -2.33. The van der Waals surface area contributed by atoms with Crippen LogP contribution < -0.4 is 10.2 Å². The van der Waals surface area contributed by atoms with Gasteiger partial charge >= 0.3 is 0 Å². The van der Waals surface area contributed by atoms with Crippen LogP contribution in [0.3, 0.4) is 0 Å². The van der Waals surface area contributed by atoms with Crippen LogP contribution in [0.4, 0.5) is 5.13 Å². The summed E-state index contributed by atoms with van der Waals surface area (Å²) in [5.41, 5.74) is 1.29. The average Bonchev–Trinajstić information content (AvgIpc) is 2.89. The van der Waals surface area contributed by atoms with Crippen LogP contribution in [-0.2, 0) is 13.0 Å². The number of hydrogen-bond acceptors (Lipinski definition) is 4. The summed E-state index contributed by atoms with van der Waals surface area (Å²) < 4.78 is 0. The Morgan fingerprint density at radius 3 is 2.57 bits per heavy atom. The monoisotopic (exact) mass is 309 g/mol. The number of thiazole rings is 1. The molecule has 1 fully saturated rings. The molecule has 0 atom stereocenters. The molecule has 0 aliphatic carbocycles. The first kappa shape index (κ1) is 16.8. The van der Waals surface area contributed by atoms with Crippen molar-refractivity contribution in [2.45, 2.75) is 72.4 Å². The summed E-state index contributed by atoms with van der Waals surface area (Å²) in [7, 11) is 0. The lowest BCUT2D eigenvalue weighted by atomic mass is 9.93. The van der Waals surface area contributed by atoms with Gasteiger partial charge in [-0.25, -0.2) is 4.98 Å². The number of hydrogen-bond donors (Lipinski definition) is 1. The van der Waals surface area contributed by atoms with Crippen molar-refractivity contribution in [2.75, 3.05) is 18.0 Å². The summed E-state index contributed by atoms with van der Waals surface area (Å²) in [5, 5.41) is 4.78. The fourth-order valence-electron chi connectivity index (χ4n) is 3.04. The summed E-state index contributed by atoms with van der Waals surface area (Å²) in [4.78, 5) is 8.84. The van der Waals surface area contributed by atoms with E-state index in [1.807, 2.05) is 11.3 Å². The summed E-state index contributed by atoms with van der Waals surface area (Å²) in [6.07, 6.45) is 6.45. The van der Waals surface area contributed by atoms with Gasteiger partial charge in [-0.15, -0.1) is 11.3 Å². The summed E-state index contributed by atoms with van der Waals surface area (Å²) in [6.45, 7) is 12.3. The van der Waals surface area contributed by atoms with Gasteiger partial charge in [0.15, 0.2) is 5.13 Å². The van der Waals surface area contributed by atoms with E-state index in [0.29, 0.717) is 6.04 Å². The second-order valence-electron chi connectivity index (χ2n) is 6.47. The third-order valence-corrected chi connectivity index (χ3v) is 5.51. The maximum atomic E-state index is 4.91. The molecule has 0 aromatic carbocycles. The van der Waals surface area contributed by atoms with Gasteiger partial charge in [0.05, 0.1) is 5.69 Å². The van der Waals surface area contributed by atoms with E-state index < -0.39 is 0 Å². The minimum atomic E-state index is 0.532. The molecule has 1 saturated heterocycles. The molecule has 0 bridgehead atoms. The van der Waals surface area contributed by atoms with Gasteiger partial charge in [-0.3, -0.25) is 0 Å². The van der Waals surface area contributed by atoms with Crippen molar-refractivity contribution in [1.82, 2.24) is 10.3 Å². The highest BCUT2D eigenvalue weighted by atomic mass is 32.1. The van der Waals surface area contributed by atoms with Crippen molar-refractivity contribution in [3.63, 3.8) is 0 Å². The molecule has 0 radical (unpaired) electrons. The molecule has 0 spiro atoms. The predicted molar refractivity (Wildman–Crippen MR) is 93.3 cm³/mol. The van der Waals surface area contributed by atoms with Crippen molar-refractivity contribution >= 4 is 16.5 Å². The van der Waals surface area contributed by atoms with E-state index in [2.05, 4.69) is 37.9 Å². The van der Waals surface area contributed by atoms with Gasteiger partial charge in [-0.05, 0) is 25.2 Å². The van der Waals surface area contributed by atoms with Crippen LogP contribution in [0.15, 0.2) is 0 Å². The zero-order valence-corrected chi connectivity index (χ0v) is 14.9. The van der Waals surface area contributed by atoms with E-state index >= 15 is 0 Å². The topological polar surface area (TPSA) is 28.2 Å². The van der Waals surface area contributed by atoms with Crippen LogP contribution in [0.1, 0.15) is 63.9 Å². The smallest absolute Gasteiger partial charge is 0.185 e. The van der Waals surface area contributed by atoms with Gasteiger partial charge in [-0.2, -0.15) is 0 Å². The van der Waals surface area contributed by atoms with Crippen LogP contribution in [0.25, 0.3) is 0 Å². The quantitative estimate of drug-likeness (QED) is 0.817. The third-order valence-electron chi connectivity index (χ3n) is 4.35. The molecular formula is C17H31N3S. The molecule has 4 heteroatoms. The Kier molecular flexibility index (Phi) is 6.49. The summed E-state index contributed by atoms with van der Waals surface area (Å²) in [5.74, 6) is 0.943. The number of aryl methyl sites for hydroxylation is 1. The summed E-state index contributed by atoms with van der Waals surface area (Å²) in [6, 6.07) is 0.532. The van der Waals surface area contributed by atoms with Gasteiger partial charge in [0, 0.05) is 30.6 Å². The van der Waals surface area contributed by atoms with Crippen molar-refractivity contribution in [2.24, 2.45) is 5.92 Å². The second kappa shape index (κ2) is 8.14. The molecule has 21 heavy (non-hydrogen) atoms. The second-order valence-corrected chi connectivity index (χ2v) is 7.54. The predicted octanol–water partition coefficient (Wildman–Crippen LogP) is 4.22. The number of aromatic nitrogens is 1. The molecule has 1 aromatic rings. The van der Waals surface area contributed by atoms with E-state index in [1.165, 1.54) is 54.5 Å². The molecule has 1 aromatic heterocycles. The minimum Gasteiger partial charge on any atom is -0.348 e. The highest BCUT2D eigenvalue weighted by Crippen LogP contribution is 2.31. The van der Waals surface area contributed by atoms with Crippen LogP contribution in [0, 0.1) is 5.92 Å². The standard InChI is InChI=1S/C17H31N3S/c1-5-7-14-8-10-20(11-9-14)17-19-15(6-2)16(21-17)12-18-13(3)4/h13-14,18H,5-12H2,1-4H3. The highest BCUT2D eigenvalue weighted by Gasteiger charge is 2.22. The molecule has 2 rings (SSSR count). The molecule has 0 unspecified atom stereocenters. The van der Waals surface area contributed by atoms with Crippen molar-refractivity contribution in [3.05, 3.63) is 10.6 Å². The number of nitrogens with one attached hydrogen (secondary N) is 1. The molecule has 1 aliphatic heterocycles. The van der Waals surface area contributed by atoms with Crippen molar-refractivity contribution in [3.8, 4) is 0 Å². The molecule has 0 amide bonds. The number of nitrogens with zero attached hydrogens (tertiary/aromatic N) is 2. The Hall–Kier alpha value is -0.610. The SMILES string of the molecule is CCCC1CCN(c2nc(CC)c(CNC(C)C)s2)CC1. The number of anilines is 1. The van der Waals surface area contributed by atoms with E-state index in [1.54, 1.807) is 0 Å².